The quantitative estimate of drug-likeness (QED) is 0.745. The first-order valence-electron chi connectivity index (χ1n) is 5.90. The molecule has 0 saturated heterocycles. The maximum atomic E-state index is 12.2. The molecule has 0 aliphatic carbocycles. The van der Waals surface area contributed by atoms with Crippen LogP contribution < -0.4 is 10.9 Å². The van der Waals surface area contributed by atoms with Gasteiger partial charge in [0, 0.05) is 6.54 Å². The van der Waals surface area contributed by atoms with Crippen molar-refractivity contribution in [3.05, 3.63) is 21.0 Å². The van der Waals surface area contributed by atoms with Crippen LogP contribution >= 0.6 is 27.7 Å². The van der Waals surface area contributed by atoms with E-state index >= 15 is 0 Å². The van der Waals surface area contributed by atoms with E-state index in [0.717, 1.165) is 18.6 Å². The Labute approximate surface area is 127 Å². The van der Waals surface area contributed by atoms with Gasteiger partial charge in [-0.15, -0.1) is 0 Å². The second kappa shape index (κ2) is 7.92. The van der Waals surface area contributed by atoms with Gasteiger partial charge in [-0.2, -0.15) is 30.0 Å². The molecule has 1 rings (SSSR count). The smallest absolute Gasteiger partial charge is 0.383 e. The molecule has 0 aliphatic heterocycles. The normalized spacial score (nSPS) is 11.7. The van der Waals surface area contributed by atoms with Crippen molar-refractivity contribution < 1.29 is 13.2 Å². The number of aromatic nitrogens is 2. The summed E-state index contributed by atoms with van der Waals surface area (Å²) in [6, 6.07) is 0. The van der Waals surface area contributed by atoms with Gasteiger partial charge >= 0.3 is 6.18 Å². The summed E-state index contributed by atoms with van der Waals surface area (Å²) in [6.45, 7) is -0.748. The highest BCUT2D eigenvalue weighted by Gasteiger charge is 2.29. The lowest BCUT2D eigenvalue weighted by molar-refractivity contribution is -0.143. The van der Waals surface area contributed by atoms with Gasteiger partial charge < -0.3 is 5.32 Å². The van der Waals surface area contributed by atoms with E-state index in [1.165, 1.54) is 6.20 Å². The van der Waals surface area contributed by atoms with E-state index in [4.69, 9.17) is 0 Å². The van der Waals surface area contributed by atoms with Crippen molar-refractivity contribution in [2.24, 2.45) is 0 Å². The minimum atomic E-state index is -4.47. The van der Waals surface area contributed by atoms with Crippen LogP contribution in [0.5, 0.6) is 0 Å². The first-order valence-corrected chi connectivity index (χ1v) is 8.09. The lowest BCUT2D eigenvalue weighted by Gasteiger charge is -2.11. The van der Waals surface area contributed by atoms with Crippen LogP contribution in [-0.4, -0.2) is 34.5 Å². The predicted molar refractivity (Wildman–Crippen MR) is 78.4 cm³/mol. The Morgan fingerprint density at radius 1 is 1.45 bits per heavy atom. The number of thioether (sulfide) groups is 1. The molecule has 1 aromatic heterocycles. The Kier molecular flexibility index (Phi) is 6.87. The summed E-state index contributed by atoms with van der Waals surface area (Å²) >= 11 is 4.77. The monoisotopic (exact) mass is 373 g/mol. The third-order valence-corrected chi connectivity index (χ3v) is 3.87. The lowest BCUT2D eigenvalue weighted by Crippen LogP contribution is -2.31. The number of hydrogen-bond acceptors (Lipinski definition) is 4. The van der Waals surface area contributed by atoms with Gasteiger partial charge in [0.1, 0.15) is 11.0 Å². The average molecular weight is 374 g/mol. The molecular weight excluding hydrogens is 359 g/mol. The van der Waals surface area contributed by atoms with E-state index in [-0.39, 0.29) is 4.47 Å². The van der Waals surface area contributed by atoms with Crippen molar-refractivity contribution in [3.8, 4) is 0 Å². The summed E-state index contributed by atoms with van der Waals surface area (Å²) in [4.78, 5) is 11.7. The highest BCUT2D eigenvalue weighted by Crippen LogP contribution is 2.19. The van der Waals surface area contributed by atoms with Crippen LogP contribution in [0.2, 0.25) is 0 Å². The molecule has 4 nitrogen and oxygen atoms in total. The maximum absolute atomic E-state index is 12.2. The third-order valence-electron chi connectivity index (χ3n) is 2.40. The molecule has 1 heterocycles. The van der Waals surface area contributed by atoms with Crippen LogP contribution in [0.1, 0.15) is 12.8 Å². The first kappa shape index (κ1) is 17.4. The highest BCUT2D eigenvalue weighted by atomic mass is 79.9. The Bertz CT molecular complexity index is 493. The topological polar surface area (TPSA) is 46.9 Å². The molecular formula is C11H15BrF3N3OS. The summed E-state index contributed by atoms with van der Waals surface area (Å²) in [6.07, 6.45) is 0.729. The Hall–Kier alpha value is -0.700. The number of nitrogens with zero attached hydrogens (tertiary/aromatic N) is 2. The van der Waals surface area contributed by atoms with E-state index < -0.39 is 18.3 Å². The van der Waals surface area contributed by atoms with Crippen LogP contribution in [-0.2, 0) is 6.54 Å². The van der Waals surface area contributed by atoms with Crippen LogP contribution in [0.4, 0.5) is 18.9 Å². The van der Waals surface area contributed by atoms with E-state index in [1.54, 1.807) is 11.8 Å². The Balaban J connectivity index is 2.67. The number of rotatable bonds is 7. The van der Waals surface area contributed by atoms with E-state index in [0.29, 0.717) is 16.9 Å². The molecule has 0 radical (unpaired) electrons. The Morgan fingerprint density at radius 2 is 2.15 bits per heavy atom. The van der Waals surface area contributed by atoms with Gasteiger partial charge in [-0.1, -0.05) is 0 Å². The van der Waals surface area contributed by atoms with E-state index in [1.807, 2.05) is 6.26 Å². The zero-order valence-corrected chi connectivity index (χ0v) is 13.2. The van der Waals surface area contributed by atoms with E-state index in [2.05, 4.69) is 26.3 Å². The van der Waals surface area contributed by atoms with Crippen LogP contribution in [0.15, 0.2) is 15.5 Å². The number of nitrogens with one attached hydrogen (secondary N) is 1. The molecule has 0 unspecified atom stereocenters. The predicted octanol–water partition coefficient (Wildman–Crippen LogP) is 3.12. The van der Waals surface area contributed by atoms with Crippen molar-refractivity contribution in [2.45, 2.75) is 25.6 Å². The van der Waals surface area contributed by atoms with Crippen molar-refractivity contribution in [1.29, 1.82) is 0 Å². The summed E-state index contributed by atoms with van der Waals surface area (Å²) in [5.41, 5.74) is -0.381. The van der Waals surface area contributed by atoms with Crippen molar-refractivity contribution in [3.63, 3.8) is 0 Å². The summed E-state index contributed by atoms with van der Waals surface area (Å²) in [7, 11) is 0. The molecule has 0 bridgehead atoms. The second-order valence-corrected chi connectivity index (χ2v) is 5.86. The molecule has 0 saturated carbocycles. The second-order valence-electron chi connectivity index (χ2n) is 4.08. The molecule has 20 heavy (non-hydrogen) atoms. The molecule has 114 valence electrons. The minimum Gasteiger partial charge on any atom is -0.383 e. The molecule has 1 N–H and O–H groups in total. The number of alkyl halides is 3. The molecule has 0 spiro atoms. The van der Waals surface area contributed by atoms with Crippen LogP contribution in [0, 0.1) is 0 Å². The number of halogens is 4. The van der Waals surface area contributed by atoms with Gasteiger partial charge in [0.05, 0.1) is 11.9 Å². The molecule has 0 aromatic carbocycles. The summed E-state index contributed by atoms with van der Waals surface area (Å²) in [5.74, 6) is 1.05. The fourth-order valence-electron chi connectivity index (χ4n) is 1.47. The van der Waals surface area contributed by atoms with Crippen molar-refractivity contribution >= 4 is 33.4 Å². The SMILES string of the molecule is CSCCCCNc1cnn(CC(F)(F)F)c(=O)c1Br. The van der Waals surface area contributed by atoms with Gasteiger partial charge in [-0.05, 0) is 40.8 Å². The largest absolute Gasteiger partial charge is 0.408 e. The number of hydrogen-bond donors (Lipinski definition) is 1. The number of unbranched alkanes of at least 4 members (excludes halogenated alkanes) is 1. The molecule has 9 heteroatoms. The highest BCUT2D eigenvalue weighted by molar-refractivity contribution is 9.10. The Morgan fingerprint density at radius 3 is 2.75 bits per heavy atom. The lowest BCUT2D eigenvalue weighted by atomic mass is 10.3. The zero-order valence-electron chi connectivity index (χ0n) is 10.8. The minimum absolute atomic E-state index is 0.0709. The summed E-state index contributed by atoms with van der Waals surface area (Å²) < 4.78 is 37.2. The summed E-state index contributed by atoms with van der Waals surface area (Å²) in [5, 5.41) is 6.52. The number of anilines is 1. The zero-order chi connectivity index (χ0) is 15.2. The van der Waals surface area contributed by atoms with Crippen molar-refractivity contribution in [2.75, 3.05) is 23.9 Å². The first-order chi connectivity index (χ1) is 9.35. The maximum Gasteiger partial charge on any atom is 0.408 e. The standard InChI is InChI=1S/C11H15BrF3N3OS/c1-20-5-3-2-4-16-8-6-17-18(7-11(13,14)15)10(19)9(8)12/h6,16H,2-5,7H2,1H3. The molecule has 0 aliphatic rings. The molecule has 1 aromatic rings. The van der Waals surface area contributed by atoms with Crippen LogP contribution in [0.25, 0.3) is 0 Å². The average Bonchev–Trinajstić information content (AvgIpc) is 2.36. The fraction of sp³-hybridized carbons (Fsp3) is 0.636. The van der Waals surface area contributed by atoms with Crippen molar-refractivity contribution in [1.82, 2.24) is 9.78 Å². The van der Waals surface area contributed by atoms with E-state index in [9.17, 15) is 18.0 Å². The van der Waals surface area contributed by atoms with Gasteiger partial charge in [0.2, 0.25) is 0 Å². The fourth-order valence-corrected chi connectivity index (χ4v) is 2.41. The van der Waals surface area contributed by atoms with Gasteiger partial charge in [0.15, 0.2) is 0 Å². The molecule has 0 atom stereocenters. The van der Waals surface area contributed by atoms with Crippen LogP contribution in [0.3, 0.4) is 0 Å². The molecule has 0 fully saturated rings. The molecule has 0 amide bonds. The third kappa shape index (κ3) is 5.74. The van der Waals surface area contributed by atoms with Gasteiger partial charge in [-0.3, -0.25) is 4.79 Å². The van der Waals surface area contributed by atoms with Gasteiger partial charge in [-0.25, -0.2) is 4.68 Å². The van der Waals surface area contributed by atoms with Gasteiger partial charge in [0.25, 0.3) is 5.56 Å².